The lowest BCUT2D eigenvalue weighted by atomic mass is 10.1. The highest BCUT2D eigenvalue weighted by Crippen LogP contribution is 2.35. The van der Waals surface area contributed by atoms with Crippen LogP contribution in [0.2, 0.25) is 0 Å². The number of fused-ring (bicyclic) bond motifs is 3. The molecule has 2 heterocycles. The fraction of sp³-hybridized carbons (Fsp3) is 0.526. The van der Waals surface area contributed by atoms with Crippen LogP contribution in [0.15, 0.2) is 18.2 Å². The zero-order valence-corrected chi connectivity index (χ0v) is 14.3. The van der Waals surface area contributed by atoms with Gasteiger partial charge in [-0.15, -0.1) is 0 Å². The molecule has 0 aliphatic carbocycles. The van der Waals surface area contributed by atoms with E-state index in [4.69, 9.17) is 0 Å². The van der Waals surface area contributed by atoms with Gasteiger partial charge in [-0.25, -0.2) is 0 Å². The summed E-state index contributed by atoms with van der Waals surface area (Å²) in [5, 5.41) is 10.6. The van der Waals surface area contributed by atoms with Gasteiger partial charge in [-0.3, -0.25) is 4.79 Å². The van der Waals surface area contributed by atoms with E-state index >= 15 is 0 Å². The van der Waals surface area contributed by atoms with E-state index in [9.17, 15) is 9.90 Å². The van der Waals surface area contributed by atoms with Gasteiger partial charge in [0.2, 0.25) is 0 Å². The molecule has 0 fully saturated rings. The molecule has 124 valence electrons. The summed E-state index contributed by atoms with van der Waals surface area (Å²) in [7, 11) is 2.17. The molecular formula is C19H26N2O2. The molecule has 0 saturated carbocycles. The van der Waals surface area contributed by atoms with Crippen LogP contribution in [-0.2, 0) is 17.8 Å². The fourth-order valence-electron chi connectivity index (χ4n) is 3.90. The molecule has 1 atom stereocenters. The molecule has 1 aromatic carbocycles. The van der Waals surface area contributed by atoms with Gasteiger partial charge < -0.3 is 14.6 Å². The van der Waals surface area contributed by atoms with E-state index in [1.54, 1.807) is 0 Å². The summed E-state index contributed by atoms with van der Waals surface area (Å²) in [6.07, 6.45) is 3.19. The van der Waals surface area contributed by atoms with Gasteiger partial charge in [-0.05, 0) is 57.5 Å². The third-order valence-corrected chi connectivity index (χ3v) is 5.00. The Bertz CT molecular complexity index is 733. The molecule has 1 aliphatic rings. The molecule has 1 aliphatic heterocycles. The highest BCUT2D eigenvalue weighted by Gasteiger charge is 2.25. The number of carboxylic acid groups (broad SMARTS) is 1. The quantitative estimate of drug-likeness (QED) is 0.935. The van der Waals surface area contributed by atoms with Crippen molar-refractivity contribution in [2.24, 2.45) is 0 Å². The maximum atomic E-state index is 11.3. The van der Waals surface area contributed by atoms with Crippen LogP contribution in [0.1, 0.15) is 49.0 Å². The summed E-state index contributed by atoms with van der Waals surface area (Å²) in [5.74, 6) is -0.717. The van der Waals surface area contributed by atoms with Crippen molar-refractivity contribution in [2.45, 2.75) is 52.1 Å². The van der Waals surface area contributed by atoms with Gasteiger partial charge in [0, 0.05) is 29.2 Å². The van der Waals surface area contributed by atoms with E-state index in [1.165, 1.54) is 27.7 Å². The average molecular weight is 314 g/mol. The number of aromatic nitrogens is 1. The van der Waals surface area contributed by atoms with Gasteiger partial charge in [0.1, 0.15) is 0 Å². The Morgan fingerprint density at radius 2 is 2.17 bits per heavy atom. The molecule has 0 amide bonds. The Morgan fingerprint density at radius 1 is 1.39 bits per heavy atom. The van der Waals surface area contributed by atoms with Crippen molar-refractivity contribution >= 4 is 16.9 Å². The number of benzene rings is 1. The fourth-order valence-corrected chi connectivity index (χ4v) is 3.90. The molecule has 1 N–H and O–H groups in total. The lowest BCUT2D eigenvalue weighted by Crippen LogP contribution is -2.17. The number of carbonyl (C=O) groups is 1. The number of aryl methyl sites for hydroxylation is 1. The number of nitrogens with zero attached hydrogens (tertiary/aromatic N) is 2. The SMILES string of the molecule is CCC(CC(=O)O)n1c2c(c3cc(C)ccc31)CN(C)CCC2. The van der Waals surface area contributed by atoms with Gasteiger partial charge >= 0.3 is 5.97 Å². The number of carboxylic acids is 1. The minimum absolute atomic E-state index is 0.0323. The first-order chi connectivity index (χ1) is 11.0. The molecular weight excluding hydrogens is 288 g/mol. The summed E-state index contributed by atoms with van der Waals surface area (Å²) in [6, 6.07) is 6.60. The third-order valence-electron chi connectivity index (χ3n) is 5.00. The van der Waals surface area contributed by atoms with Crippen LogP contribution in [0.4, 0.5) is 0 Å². The standard InChI is InChI=1S/C19H26N2O2/c1-4-14(11-19(22)23)21-17-6-5-9-20(3)12-16(17)15-10-13(2)7-8-18(15)21/h7-8,10,14H,4-6,9,11-12H2,1-3H3,(H,22,23). The van der Waals surface area contributed by atoms with Crippen molar-refractivity contribution in [3.63, 3.8) is 0 Å². The van der Waals surface area contributed by atoms with Crippen molar-refractivity contribution < 1.29 is 9.90 Å². The lowest BCUT2D eigenvalue weighted by Gasteiger charge is -2.20. The van der Waals surface area contributed by atoms with Crippen LogP contribution in [0.25, 0.3) is 10.9 Å². The predicted molar refractivity (Wildman–Crippen MR) is 92.9 cm³/mol. The minimum Gasteiger partial charge on any atom is -0.481 e. The van der Waals surface area contributed by atoms with Crippen molar-refractivity contribution in [3.05, 3.63) is 35.0 Å². The normalized spacial score (nSPS) is 17.0. The van der Waals surface area contributed by atoms with Crippen molar-refractivity contribution in [3.8, 4) is 0 Å². The second-order valence-corrected chi connectivity index (χ2v) is 6.82. The number of rotatable bonds is 4. The maximum absolute atomic E-state index is 11.3. The molecule has 0 bridgehead atoms. The minimum atomic E-state index is -0.717. The van der Waals surface area contributed by atoms with Crippen LogP contribution in [0.3, 0.4) is 0 Å². The highest BCUT2D eigenvalue weighted by molar-refractivity contribution is 5.87. The third kappa shape index (κ3) is 3.00. The van der Waals surface area contributed by atoms with Gasteiger partial charge in [0.05, 0.1) is 6.42 Å². The summed E-state index contributed by atoms with van der Waals surface area (Å²) >= 11 is 0. The van der Waals surface area contributed by atoms with E-state index in [0.717, 1.165) is 32.4 Å². The molecule has 0 spiro atoms. The monoisotopic (exact) mass is 314 g/mol. The Morgan fingerprint density at radius 3 is 2.87 bits per heavy atom. The smallest absolute Gasteiger partial charge is 0.305 e. The molecule has 0 radical (unpaired) electrons. The Labute approximate surface area is 137 Å². The Kier molecular flexibility index (Phi) is 4.44. The van der Waals surface area contributed by atoms with Crippen molar-refractivity contribution in [2.75, 3.05) is 13.6 Å². The summed E-state index contributed by atoms with van der Waals surface area (Å²) in [5.41, 5.74) is 5.20. The van der Waals surface area contributed by atoms with Crippen LogP contribution in [0, 0.1) is 6.92 Å². The Balaban J connectivity index is 2.23. The number of hydrogen-bond donors (Lipinski definition) is 1. The molecule has 23 heavy (non-hydrogen) atoms. The van der Waals surface area contributed by atoms with E-state index < -0.39 is 5.97 Å². The van der Waals surface area contributed by atoms with Crippen molar-refractivity contribution in [1.29, 1.82) is 0 Å². The van der Waals surface area contributed by atoms with E-state index in [1.807, 2.05) is 0 Å². The molecule has 0 saturated heterocycles. The summed E-state index contributed by atoms with van der Waals surface area (Å²) in [4.78, 5) is 13.7. The molecule has 1 unspecified atom stereocenters. The summed E-state index contributed by atoms with van der Waals surface area (Å²) in [6.45, 7) is 6.25. The largest absolute Gasteiger partial charge is 0.481 e. The van der Waals surface area contributed by atoms with Crippen LogP contribution < -0.4 is 0 Å². The zero-order valence-electron chi connectivity index (χ0n) is 14.3. The van der Waals surface area contributed by atoms with E-state index in [2.05, 4.69) is 48.6 Å². The highest BCUT2D eigenvalue weighted by atomic mass is 16.4. The van der Waals surface area contributed by atoms with E-state index in [0.29, 0.717) is 0 Å². The zero-order chi connectivity index (χ0) is 16.6. The molecule has 2 aromatic rings. The summed E-state index contributed by atoms with van der Waals surface area (Å²) < 4.78 is 2.33. The number of hydrogen-bond acceptors (Lipinski definition) is 2. The topological polar surface area (TPSA) is 45.5 Å². The maximum Gasteiger partial charge on any atom is 0.305 e. The first kappa shape index (κ1) is 16.1. The first-order valence-corrected chi connectivity index (χ1v) is 8.54. The molecule has 4 nitrogen and oxygen atoms in total. The van der Waals surface area contributed by atoms with Crippen LogP contribution >= 0.6 is 0 Å². The Hall–Kier alpha value is -1.81. The van der Waals surface area contributed by atoms with Gasteiger partial charge in [0.25, 0.3) is 0 Å². The van der Waals surface area contributed by atoms with Gasteiger partial charge in [-0.2, -0.15) is 0 Å². The average Bonchev–Trinajstić information content (AvgIpc) is 2.65. The van der Waals surface area contributed by atoms with Crippen LogP contribution in [-0.4, -0.2) is 34.1 Å². The molecule has 4 heteroatoms. The molecule has 3 rings (SSSR count). The van der Waals surface area contributed by atoms with Gasteiger partial charge in [0.15, 0.2) is 0 Å². The van der Waals surface area contributed by atoms with E-state index in [-0.39, 0.29) is 12.5 Å². The second kappa shape index (κ2) is 6.36. The predicted octanol–water partition coefficient (Wildman–Crippen LogP) is 3.75. The lowest BCUT2D eigenvalue weighted by molar-refractivity contribution is -0.137. The van der Waals surface area contributed by atoms with Crippen LogP contribution in [0.5, 0.6) is 0 Å². The first-order valence-electron chi connectivity index (χ1n) is 8.54. The number of aliphatic carboxylic acids is 1. The van der Waals surface area contributed by atoms with Crippen molar-refractivity contribution in [1.82, 2.24) is 9.47 Å². The molecule has 1 aromatic heterocycles. The van der Waals surface area contributed by atoms with Gasteiger partial charge in [-0.1, -0.05) is 18.6 Å². The second-order valence-electron chi connectivity index (χ2n) is 6.82.